The SMILES string of the molecule is C=C(Cl)c1cccc(C(F)(F)F)c1. The molecule has 0 unspecified atom stereocenters. The van der Waals surface area contributed by atoms with Crippen molar-refractivity contribution in [3.8, 4) is 0 Å². The molecule has 0 N–H and O–H groups in total. The molecule has 13 heavy (non-hydrogen) atoms. The molecule has 0 aromatic heterocycles. The number of benzene rings is 1. The standard InChI is InChI=1S/C9H6ClF3/c1-6(10)7-3-2-4-8(5-7)9(11,12)13/h2-5H,1H2. The molecule has 0 aliphatic heterocycles. The van der Waals surface area contributed by atoms with Crippen LogP contribution in [0.4, 0.5) is 13.2 Å². The second-order valence-electron chi connectivity index (χ2n) is 2.48. The molecule has 0 radical (unpaired) electrons. The summed E-state index contributed by atoms with van der Waals surface area (Å²) in [4.78, 5) is 0. The topological polar surface area (TPSA) is 0 Å². The third-order valence-corrected chi connectivity index (χ3v) is 1.72. The molecule has 0 aliphatic carbocycles. The molecule has 0 heterocycles. The smallest absolute Gasteiger partial charge is 0.166 e. The number of alkyl halides is 3. The molecule has 0 atom stereocenters. The summed E-state index contributed by atoms with van der Waals surface area (Å²) in [6, 6.07) is 4.73. The highest BCUT2D eigenvalue weighted by Gasteiger charge is 2.30. The normalized spacial score (nSPS) is 11.4. The average molecular weight is 207 g/mol. The van der Waals surface area contributed by atoms with Crippen LogP contribution in [0.2, 0.25) is 0 Å². The maximum absolute atomic E-state index is 12.2. The summed E-state index contributed by atoms with van der Waals surface area (Å²) in [6.07, 6.45) is -4.33. The fraction of sp³-hybridized carbons (Fsp3) is 0.111. The van der Waals surface area contributed by atoms with Gasteiger partial charge in [-0.3, -0.25) is 0 Å². The molecule has 0 amide bonds. The van der Waals surface area contributed by atoms with Crippen LogP contribution in [0.15, 0.2) is 30.8 Å². The molecular formula is C9H6ClF3. The molecule has 0 saturated heterocycles. The second kappa shape index (κ2) is 3.42. The number of halogens is 4. The van der Waals surface area contributed by atoms with E-state index in [9.17, 15) is 13.2 Å². The van der Waals surface area contributed by atoms with Gasteiger partial charge in [-0.25, -0.2) is 0 Å². The van der Waals surface area contributed by atoms with Gasteiger partial charge in [0.1, 0.15) is 0 Å². The van der Waals surface area contributed by atoms with E-state index in [-0.39, 0.29) is 10.6 Å². The van der Waals surface area contributed by atoms with Crippen molar-refractivity contribution < 1.29 is 13.2 Å². The van der Waals surface area contributed by atoms with Gasteiger partial charge in [0.05, 0.1) is 5.56 Å². The molecule has 0 fully saturated rings. The predicted molar refractivity (Wildman–Crippen MR) is 46.3 cm³/mol. The Bertz CT molecular complexity index is 328. The lowest BCUT2D eigenvalue weighted by Gasteiger charge is -2.07. The summed E-state index contributed by atoms with van der Waals surface area (Å²) in [6.45, 7) is 3.35. The Kier molecular flexibility index (Phi) is 2.66. The van der Waals surface area contributed by atoms with Gasteiger partial charge in [-0.15, -0.1) is 0 Å². The molecule has 0 saturated carbocycles. The summed E-state index contributed by atoms with van der Waals surface area (Å²) < 4.78 is 36.5. The summed E-state index contributed by atoms with van der Waals surface area (Å²) in [5, 5.41) is 0.103. The quantitative estimate of drug-likeness (QED) is 0.654. The largest absolute Gasteiger partial charge is 0.416 e. The molecule has 0 bridgehead atoms. The van der Waals surface area contributed by atoms with Gasteiger partial charge < -0.3 is 0 Å². The van der Waals surface area contributed by atoms with E-state index in [0.29, 0.717) is 0 Å². The summed E-state index contributed by atoms with van der Waals surface area (Å²) >= 11 is 5.46. The lowest BCUT2D eigenvalue weighted by atomic mass is 10.1. The fourth-order valence-corrected chi connectivity index (χ4v) is 0.982. The molecule has 1 aromatic rings. The predicted octanol–water partition coefficient (Wildman–Crippen LogP) is 3.91. The molecule has 70 valence electrons. The molecule has 0 nitrogen and oxygen atoms in total. The van der Waals surface area contributed by atoms with Gasteiger partial charge in [-0.05, 0) is 17.7 Å². The van der Waals surface area contributed by atoms with Gasteiger partial charge >= 0.3 is 6.18 Å². The van der Waals surface area contributed by atoms with Crippen LogP contribution in [0.25, 0.3) is 5.03 Å². The zero-order valence-electron chi connectivity index (χ0n) is 6.53. The van der Waals surface area contributed by atoms with Gasteiger partial charge in [0.25, 0.3) is 0 Å². The first-order valence-corrected chi connectivity index (χ1v) is 3.81. The van der Waals surface area contributed by atoms with Crippen molar-refractivity contribution in [2.45, 2.75) is 6.18 Å². The maximum atomic E-state index is 12.2. The lowest BCUT2D eigenvalue weighted by Crippen LogP contribution is -2.04. The summed E-state index contributed by atoms with van der Waals surface area (Å²) in [5.41, 5.74) is -0.428. The van der Waals surface area contributed by atoms with Crippen LogP contribution in [0, 0.1) is 0 Å². The molecule has 4 heteroatoms. The first kappa shape index (κ1) is 10.1. The van der Waals surface area contributed by atoms with Crippen LogP contribution in [0.3, 0.4) is 0 Å². The second-order valence-corrected chi connectivity index (χ2v) is 2.94. The highest BCUT2D eigenvalue weighted by molar-refractivity contribution is 6.48. The van der Waals surface area contributed by atoms with Crippen molar-refractivity contribution in [2.24, 2.45) is 0 Å². The van der Waals surface area contributed by atoms with E-state index in [4.69, 9.17) is 11.6 Å². The minimum atomic E-state index is -4.33. The number of hydrogen-bond acceptors (Lipinski definition) is 0. The van der Waals surface area contributed by atoms with Crippen molar-refractivity contribution in [2.75, 3.05) is 0 Å². The van der Waals surface area contributed by atoms with Crippen LogP contribution in [-0.4, -0.2) is 0 Å². The molecule has 0 spiro atoms. The zero-order chi connectivity index (χ0) is 10.1. The Morgan fingerprint density at radius 1 is 1.31 bits per heavy atom. The van der Waals surface area contributed by atoms with E-state index in [2.05, 4.69) is 6.58 Å². The first-order valence-electron chi connectivity index (χ1n) is 3.43. The van der Waals surface area contributed by atoms with Crippen LogP contribution in [-0.2, 0) is 6.18 Å². The average Bonchev–Trinajstić information content (AvgIpc) is 2.03. The minimum absolute atomic E-state index is 0.103. The minimum Gasteiger partial charge on any atom is -0.166 e. The Labute approximate surface area is 78.6 Å². The van der Waals surface area contributed by atoms with E-state index >= 15 is 0 Å². The highest BCUT2D eigenvalue weighted by atomic mass is 35.5. The monoisotopic (exact) mass is 206 g/mol. The van der Waals surface area contributed by atoms with E-state index < -0.39 is 11.7 Å². The Morgan fingerprint density at radius 2 is 1.92 bits per heavy atom. The molecule has 0 aliphatic rings. The van der Waals surface area contributed by atoms with Crippen molar-refractivity contribution in [1.82, 2.24) is 0 Å². The Balaban J connectivity index is 3.13. The van der Waals surface area contributed by atoms with Gasteiger partial charge in [0, 0.05) is 5.03 Å². The fourth-order valence-electron chi connectivity index (χ4n) is 0.864. The van der Waals surface area contributed by atoms with E-state index in [1.54, 1.807) is 0 Å². The third-order valence-electron chi connectivity index (χ3n) is 1.50. The van der Waals surface area contributed by atoms with Gasteiger partial charge in [-0.2, -0.15) is 13.2 Å². The van der Waals surface area contributed by atoms with E-state index in [0.717, 1.165) is 12.1 Å². The summed E-state index contributed by atoms with van der Waals surface area (Å²) in [5.74, 6) is 0. The number of hydrogen-bond donors (Lipinski definition) is 0. The van der Waals surface area contributed by atoms with Crippen LogP contribution in [0.5, 0.6) is 0 Å². The summed E-state index contributed by atoms with van der Waals surface area (Å²) in [7, 11) is 0. The van der Waals surface area contributed by atoms with Crippen LogP contribution in [0.1, 0.15) is 11.1 Å². The lowest BCUT2D eigenvalue weighted by molar-refractivity contribution is -0.137. The zero-order valence-corrected chi connectivity index (χ0v) is 7.28. The van der Waals surface area contributed by atoms with Crippen molar-refractivity contribution in [3.05, 3.63) is 42.0 Å². The van der Waals surface area contributed by atoms with Crippen LogP contribution >= 0.6 is 11.6 Å². The van der Waals surface area contributed by atoms with Crippen molar-refractivity contribution in [3.63, 3.8) is 0 Å². The molecule has 1 aromatic carbocycles. The van der Waals surface area contributed by atoms with Gasteiger partial charge in [0.15, 0.2) is 0 Å². The highest BCUT2D eigenvalue weighted by Crippen LogP contribution is 2.31. The van der Waals surface area contributed by atoms with Gasteiger partial charge in [-0.1, -0.05) is 30.3 Å². The van der Waals surface area contributed by atoms with E-state index in [1.807, 2.05) is 0 Å². The molecular weight excluding hydrogens is 201 g/mol. The van der Waals surface area contributed by atoms with Crippen molar-refractivity contribution in [1.29, 1.82) is 0 Å². The van der Waals surface area contributed by atoms with Crippen molar-refractivity contribution >= 4 is 16.6 Å². The Hall–Kier alpha value is -0.960. The first-order chi connectivity index (χ1) is 5.91. The molecule has 1 rings (SSSR count). The van der Waals surface area contributed by atoms with E-state index in [1.165, 1.54) is 12.1 Å². The Morgan fingerprint density at radius 3 is 2.38 bits per heavy atom. The van der Waals surface area contributed by atoms with Crippen LogP contribution < -0.4 is 0 Å². The van der Waals surface area contributed by atoms with Gasteiger partial charge in [0.2, 0.25) is 0 Å². The third kappa shape index (κ3) is 2.49. The maximum Gasteiger partial charge on any atom is 0.416 e. The number of rotatable bonds is 1.